The Kier molecular flexibility index (Phi) is 7.74. The molecule has 1 fully saturated rings. The zero-order chi connectivity index (χ0) is 28.6. The van der Waals surface area contributed by atoms with Gasteiger partial charge in [-0.1, -0.05) is 29.5 Å². The Labute approximate surface area is 235 Å². The van der Waals surface area contributed by atoms with Crippen LogP contribution < -0.4 is 14.9 Å². The van der Waals surface area contributed by atoms with Gasteiger partial charge in [-0.25, -0.2) is 31.6 Å². The third-order valence-electron chi connectivity index (χ3n) is 6.36. The van der Waals surface area contributed by atoms with Crippen molar-refractivity contribution >= 4 is 37.9 Å². The van der Waals surface area contributed by atoms with E-state index in [4.69, 9.17) is 4.99 Å². The maximum absolute atomic E-state index is 16.0. The number of anilines is 2. The predicted molar refractivity (Wildman–Crippen MR) is 153 cm³/mol. The fourth-order valence-corrected chi connectivity index (χ4v) is 6.34. The average Bonchev–Trinajstić information content (AvgIpc) is 3.59. The van der Waals surface area contributed by atoms with Gasteiger partial charge in [0.15, 0.2) is 15.8 Å². The summed E-state index contributed by atoms with van der Waals surface area (Å²) < 4.78 is 73.0. The first-order valence-electron chi connectivity index (χ1n) is 12.7. The van der Waals surface area contributed by atoms with Gasteiger partial charge < -0.3 is 10.2 Å². The topological polar surface area (TPSA) is 86.7 Å². The summed E-state index contributed by atoms with van der Waals surface area (Å²) in [6.07, 6.45) is 9.72. The number of allylic oxidation sites excluding steroid dienone is 3. The van der Waals surface area contributed by atoms with Crippen molar-refractivity contribution in [3.8, 4) is 11.3 Å². The number of thiazole rings is 1. The van der Waals surface area contributed by atoms with Crippen LogP contribution in [0.25, 0.3) is 11.3 Å². The van der Waals surface area contributed by atoms with Gasteiger partial charge in [-0.2, -0.15) is 0 Å². The van der Waals surface area contributed by atoms with Crippen LogP contribution in [0.2, 0.25) is 0 Å². The molecular formula is C28H28F3N5O2S2. The molecule has 2 aliphatic rings. The van der Waals surface area contributed by atoms with Crippen LogP contribution in [0.4, 0.5) is 24.0 Å². The lowest BCUT2D eigenvalue weighted by Gasteiger charge is -2.14. The molecule has 12 heteroatoms. The highest BCUT2D eigenvalue weighted by molar-refractivity contribution is 7.92. The summed E-state index contributed by atoms with van der Waals surface area (Å²) in [6, 6.07) is 6.49. The van der Waals surface area contributed by atoms with Gasteiger partial charge in [0.05, 0.1) is 22.0 Å². The van der Waals surface area contributed by atoms with Crippen molar-refractivity contribution in [1.29, 1.82) is 0 Å². The number of aliphatic imine (C=N–C) groups is 1. The van der Waals surface area contributed by atoms with Gasteiger partial charge in [0.25, 0.3) is 10.0 Å². The minimum Gasteiger partial charge on any atom is -0.368 e. The summed E-state index contributed by atoms with van der Waals surface area (Å²) in [5.41, 5.74) is 0.360. The van der Waals surface area contributed by atoms with E-state index in [1.54, 1.807) is 4.90 Å². The summed E-state index contributed by atoms with van der Waals surface area (Å²) in [4.78, 5) is 10.7. The third-order valence-corrected chi connectivity index (χ3v) is 9.00. The van der Waals surface area contributed by atoms with E-state index in [-0.39, 0.29) is 16.8 Å². The molecule has 40 heavy (non-hydrogen) atoms. The lowest BCUT2D eigenvalue weighted by molar-refractivity contribution is 0.516. The molecule has 0 saturated heterocycles. The SMILES string of the molecule is Cc1ccc(F)c(S(=O)(=O)Nc2cccc(-c3nc(N(C)C)sc3C3=N/C(NC4CC4)=C\CCC=C3)c2F)c1F. The molecule has 1 aromatic heterocycles. The van der Waals surface area contributed by atoms with Gasteiger partial charge in [0, 0.05) is 25.7 Å². The molecule has 1 saturated carbocycles. The third kappa shape index (κ3) is 5.78. The number of nitrogens with zero attached hydrogens (tertiary/aromatic N) is 3. The number of halogens is 3. The van der Waals surface area contributed by atoms with E-state index in [9.17, 15) is 17.2 Å². The molecule has 1 aliphatic carbocycles. The second-order valence-electron chi connectivity index (χ2n) is 9.83. The van der Waals surface area contributed by atoms with Crippen LogP contribution in [0.5, 0.6) is 0 Å². The highest BCUT2D eigenvalue weighted by Gasteiger charge is 2.28. The van der Waals surface area contributed by atoms with Crippen molar-refractivity contribution in [2.24, 2.45) is 4.99 Å². The van der Waals surface area contributed by atoms with Crippen molar-refractivity contribution < 1.29 is 21.6 Å². The summed E-state index contributed by atoms with van der Waals surface area (Å²) >= 11 is 1.32. The molecule has 2 aromatic carbocycles. The quantitative estimate of drug-likeness (QED) is 0.331. The van der Waals surface area contributed by atoms with E-state index in [0.717, 1.165) is 43.6 Å². The van der Waals surface area contributed by atoms with Crippen molar-refractivity contribution in [2.45, 2.75) is 43.5 Å². The second-order valence-corrected chi connectivity index (χ2v) is 12.4. The van der Waals surface area contributed by atoms with Crippen LogP contribution in [0.3, 0.4) is 0 Å². The van der Waals surface area contributed by atoms with Crippen molar-refractivity contribution in [3.05, 3.63) is 82.3 Å². The lowest BCUT2D eigenvalue weighted by Crippen LogP contribution is -2.18. The van der Waals surface area contributed by atoms with Crippen LogP contribution in [0.1, 0.15) is 36.1 Å². The molecule has 0 spiro atoms. The highest BCUT2D eigenvalue weighted by atomic mass is 32.2. The fraction of sp³-hybridized carbons (Fsp3) is 0.286. The van der Waals surface area contributed by atoms with Gasteiger partial charge in [-0.05, 0) is 68.5 Å². The first-order chi connectivity index (χ1) is 19.0. The summed E-state index contributed by atoms with van der Waals surface area (Å²) in [5, 5.41) is 4.02. The fourth-order valence-electron chi connectivity index (χ4n) is 4.10. The zero-order valence-corrected chi connectivity index (χ0v) is 23.8. The van der Waals surface area contributed by atoms with Gasteiger partial charge in [0.1, 0.15) is 17.5 Å². The number of hydrogen-bond acceptors (Lipinski definition) is 7. The van der Waals surface area contributed by atoms with Gasteiger partial charge in [-0.3, -0.25) is 4.72 Å². The number of hydrogen-bond donors (Lipinski definition) is 2. The Bertz CT molecular complexity index is 1660. The lowest BCUT2D eigenvalue weighted by atomic mass is 10.1. The molecule has 0 radical (unpaired) electrons. The van der Waals surface area contributed by atoms with Crippen LogP contribution >= 0.6 is 11.3 Å². The molecule has 210 valence electrons. The molecule has 5 rings (SSSR count). The van der Waals surface area contributed by atoms with E-state index < -0.39 is 38.1 Å². The Morgan fingerprint density at radius 3 is 2.55 bits per heavy atom. The monoisotopic (exact) mass is 587 g/mol. The summed E-state index contributed by atoms with van der Waals surface area (Å²) in [7, 11) is -1.17. The number of sulfonamides is 1. The molecule has 0 bridgehead atoms. The van der Waals surface area contributed by atoms with Crippen LogP contribution in [0, 0.1) is 24.4 Å². The van der Waals surface area contributed by atoms with Crippen molar-refractivity contribution in [2.75, 3.05) is 23.7 Å². The molecule has 3 aromatic rings. The normalized spacial score (nSPS) is 16.9. The van der Waals surface area contributed by atoms with Crippen LogP contribution in [-0.4, -0.2) is 39.3 Å². The molecule has 0 amide bonds. The minimum atomic E-state index is -4.80. The molecule has 1 aliphatic heterocycles. The highest BCUT2D eigenvalue weighted by Crippen LogP contribution is 2.37. The molecule has 7 nitrogen and oxygen atoms in total. The van der Waals surface area contributed by atoms with E-state index >= 15 is 4.39 Å². The number of benzene rings is 2. The Morgan fingerprint density at radius 2 is 1.82 bits per heavy atom. The standard InChI is InChI=1S/C28H28F3N5O2S2/c1-16-12-15-19(29)27(23(16)30)40(37,38)35-20-10-7-8-18(24(20)31)25-26(39-28(34-25)36(2)3)21-9-5-4-6-11-22(33-21)32-17-13-14-17/h5,7-12,15,17,32,35H,4,6,13-14H2,1-3H3/b9-5?,22-11-,33-21?. The zero-order valence-electron chi connectivity index (χ0n) is 22.1. The van der Waals surface area contributed by atoms with Crippen LogP contribution in [-0.2, 0) is 10.0 Å². The van der Waals surface area contributed by atoms with E-state index in [1.807, 2.05) is 37.0 Å². The van der Waals surface area contributed by atoms with Gasteiger partial charge >= 0.3 is 0 Å². The smallest absolute Gasteiger partial charge is 0.267 e. The van der Waals surface area contributed by atoms with E-state index in [2.05, 4.69) is 10.3 Å². The number of aryl methyl sites for hydroxylation is 1. The Morgan fingerprint density at radius 1 is 1.05 bits per heavy atom. The first kappa shape index (κ1) is 27.9. The Hall–Kier alpha value is -3.64. The number of rotatable bonds is 8. The minimum absolute atomic E-state index is 0.0172. The molecule has 0 unspecified atom stereocenters. The number of nitrogens with one attached hydrogen (secondary N) is 2. The second kappa shape index (κ2) is 11.1. The largest absolute Gasteiger partial charge is 0.368 e. The Balaban J connectivity index is 1.59. The molecule has 2 N–H and O–H groups in total. The molecule has 2 heterocycles. The summed E-state index contributed by atoms with van der Waals surface area (Å²) in [5.74, 6) is -2.70. The average molecular weight is 588 g/mol. The molecular weight excluding hydrogens is 559 g/mol. The number of aromatic nitrogens is 1. The predicted octanol–water partition coefficient (Wildman–Crippen LogP) is 6.14. The van der Waals surface area contributed by atoms with Crippen molar-refractivity contribution in [1.82, 2.24) is 10.3 Å². The summed E-state index contributed by atoms with van der Waals surface area (Å²) in [6.45, 7) is 1.31. The van der Waals surface area contributed by atoms with Gasteiger partial charge in [-0.15, -0.1) is 0 Å². The maximum atomic E-state index is 16.0. The maximum Gasteiger partial charge on any atom is 0.267 e. The first-order valence-corrected chi connectivity index (χ1v) is 15.0. The van der Waals surface area contributed by atoms with Gasteiger partial charge in [0.2, 0.25) is 0 Å². The van der Waals surface area contributed by atoms with Crippen molar-refractivity contribution in [3.63, 3.8) is 0 Å². The van der Waals surface area contributed by atoms with E-state index in [0.29, 0.717) is 21.8 Å². The van der Waals surface area contributed by atoms with Crippen LogP contribution in [0.15, 0.2) is 64.3 Å². The van der Waals surface area contributed by atoms with E-state index in [1.165, 1.54) is 36.5 Å². The molecule has 0 atom stereocenters.